The molecule has 0 amide bonds. The van der Waals surface area contributed by atoms with Crippen LogP contribution in [0, 0.1) is 13.8 Å². The van der Waals surface area contributed by atoms with Gasteiger partial charge in [0.05, 0.1) is 12.3 Å². The Bertz CT molecular complexity index is 916. The number of aryl methyl sites for hydroxylation is 1. The summed E-state index contributed by atoms with van der Waals surface area (Å²) >= 11 is 0. The lowest BCUT2D eigenvalue weighted by Gasteiger charge is -2.11. The molecule has 1 aromatic heterocycles. The van der Waals surface area contributed by atoms with E-state index in [0.717, 1.165) is 22.7 Å². The molecule has 0 aliphatic rings. The first-order valence-electron chi connectivity index (χ1n) is 9.55. The molecule has 0 aliphatic heterocycles. The largest absolute Gasteiger partial charge is 0.494 e. The van der Waals surface area contributed by atoms with E-state index >= 15 is 0 Å². The van der Waals surface area contributed by atoms with E-state index in [1.165, 1.54) is 17.0 Å². The Labute approximate surface area is 162 Å². The van der Waals surface area contributed by atoms with E-state index in [4.69, 9.17) is 4.74 Å². The minimum Gasteiger partial charge on any atom is -0.494 e. The molecule has 0 unspecified atom stereocenters. The minimum absolute atomic E-state index is 0.538. The lowest BCUT2D eigenvalue weighted by Crippen LogP contribution is -2.00. The predicted octanol–water partition coefficient (Wildman–Crippen LogP) is 6.37. The summed E-state index contributed by atoms with van der Waals surface area (Å²) in [6.07, 6.45) is 1.96. The Hall–Kier alpha value is -2.81. The highest BCUT2D eigenvalue weighted by Gasteiger charge is 2.09. The molecule has 3 nitrogen and oxygen atoms in total. The number of ether oxygens (including phenoxy) is 1. The lowest BCUT2D eigenvalue weighted by molar-refractivity contribution is 0.340. The summed E-state index contributed by atoms with van der Waals surface area (Å²) in [5.41, 5.74) is 6.95. The van der Waals surface area contributed by atoms with Gasteiger partial charge in [-0.05, 0) is 74.7 Å². The zero-order chi connectivity index (χ0) is 19.4. The van der Waals surface area contributed by atoms with Gasteiger partial charge in [0.1, 0.15) is 5.75 Å². The van der Waals surface area contributed by atoms with Gasteiger partial charge in [-0.1, -0.05) is 26.0 Å². The minimum atomic E-state index is 0.538. The first kappa shape index (κ1) is 19.0. The van der Waals surface area contributed by atoms with Gasteiger partial charge >= 0.3 is 0 Å². The Morgan fingerprint density at radius 2 is 1.67 bits per heavy atom. The van der Waals surface area contributed by atoms with Crippen molar-refractivity contribution in [2.75, 3.05) is 6.61 Å². The second-order valence-corrected chi connectivity index (χ2v) is 7.09. The van der Waals surface area contributed by atoms with E-state index in [9.17, 15) is 0 Å². The van der Waals surface area contributed by atoms with E-state index in [2.05, 4.69) is 79.7 Å². The molecule has 140 valence electrons. The van der Waals surface area contributed by atoms with Gasteiger partial charge in [-0.15, -0.1) is 0 Å². The fourth-order valence-corrected chi connectivity index (χ4v) is 3.26. The molecule has 3 rings (SSSR count). The molecule has 0 atom stereocenters. The van der Waals surface area contributed by atoms with Crippen LogP contribution in [0.15, 0.2) is 59.6 Å². The van der Waals surface area contributed by atoms with Crippen molar-refractivity contribution >= 4 is 11.9 Å². The summed E-state index contributed by atoms with van der Waals surface area (Å²) in [7, 11) is 0. The van der Waals surface area contributed by atoms with Crippen LogP contribution in [-0.2, 0) is 0 Å². The first-order chi connectivity index (χ1) is 13.0. The Kier molecular flexibility index (Phi) is 5.80. The van der Waals surface area contributed by atoms with Crippen LogP contribution in [0.4, 0.5) is 5.69 Å². The number of aliphatic imine (C=N–C) groups is 1. The van der Waals surface area contributed by atoms with Crippen molar-refractivity contribution in [1.29, 1.82) is 0 Å². The SMILES string of the molecule is CCOc1ccc(-n2c(C)cc(C=Nc3ccc(C(C)C)cc3)c2C)cc1. The molecule has 0 bridgehead atoms. The first-order valence-corrected chi connectivity index (χ1v) is 9.55. The summed E-state index contributed by atoms with van der Waals surface area (Å²) in [4.78, 5) is 4.67. The highest BCUT2D eigenvalue weighted by Crippen LogP contribution is 2.23. The van der Waals surface area contributed by atoms with Crippen LogP contribution in [0.5, 0.6) is 5.75 Å². The van der Waals surface area contributed by atoms with Crippen molar-refractivity contribution in [3.63, 3.8) is 0 Å². The molecule has 3 heteroatoms. The summed E-state index contributed by atoms with van der Waals surface area (Å²) in [6, 6.07) is 18.9. The third kappa shape index (κ3) is 4.30. The van der Waals surface area contributed by atoms with Gasteiger partial charge in [-0.2, -0.15) is 0 Å². The molecular weight excluding hydrogens is 332 g/mol. The number of aromatic nitrogens is 1. The van der Waals surface area contributed by atoms with Crippen molar-refractivity contribution in [2.24, 2.45) is 4.99 Å². The molecule has 0 aliphatic carbocycles. The molecule has 0 radical (unpaired) electrons. The molecule has 0 N–H and O–H groups in total. The van der Waals surface area contributed by atoms with Crippen LogP contribution >= 0.6 is 0 Å². The Balaban J connectivity index is 1.84. The van der Waals surface area contributed by atoms with Crippen molar-refractivity contribution in [3.8, 4) is 11.4 Å². The molecule has 27 heavy (non-hydrogen) atoms. The third-order valence-corrected chi connectivity index (χ3v) is 4.79. The van der Waals surface area contributed by atoms with Gasteiger partial charge in [0.2, 0.25) is 0 Å². The number of nitrogens with zero attached hydrogens (tertiary/aromatic N) is 2. The standard InChI is InChI=1S/C24H28N2O/c1-6-27-24-13-11-23(12-14-24)26-18(4)15-21(19(26)5)16-25-22-9-7-20(8-10-22)17(2)3/h7-17H,6H2,1-5H3. The summed E-state index contributed by atoms with van der Waals surface area (Å²) < 4.78 is 7.79. The van der Waals surface area contributed by atoms with Gasteiger partial charge in [0, 0.05) is 28.9 Å². The monoisotopic (exact) mass is 360 g/mol. The van der Waals surface area contributed by atoms with Crippen LogP contribution in [0.3, 0.4) is 0 Å². The maximum absolute atomic E-state index is 5.54. The maximum atomic E-state index is 5.54. The van der Waals surface area contributed by atoms with Crippen LogP contribution in [-0.4, -0.2) is 17.4 Å². The van der Waals surface area contributed by atoms with E-state index in [0.29, 0.717) is 12.5 Å². The van der Waals surface area contributed by atoms with E-state index in [-0.39, 0.29) is 0 Å². The van der Waals surface area contributed by atoms with Crippen molar-refractivity contribution in [2.45, 2.75) is 40.5 Å². The molecule has 0 saturated carbocycles. The van der Waals surface area contributed by atoms with Crippen molar-refractivity contribution in [3.05, 3.63) is 77.1 Å². The molecule has 0 fully saturated rings. The second kappa shape index (κ2) is 8.26. The smallest absolute Gasteiger partial charge is 0.119 e. The van der Waals surface area contributed by atoms with E-state index in [1.54, 1.807) is 0 Å². The van der Waals surface area contributed by atoms with Crippen LogP contribution in [0.25, 0.3) is 5.69 Å². The Morgan fingerprint density at radius 3 is 2.26 bits per heavy atom. The highest BCUT2D eigenvalue weighted by atomic mass is 16.5. The summed E-state index contributed by atoms with van der Waals surface area (Å²) in [5, 5.41) is 0. The van der Waals surface area contributed by atoms with Crippen molar-refractivity contribution in [1.82, 2.24) is 4.57 Å². The summed E-state index contributed by atoms with van der Waals surface area (Å²) in [6.45, 7) is 11.3. The molecule has 3 aromatic rings. The average molecular weight is 361 g/mol. The second-order valence-electron chi connectivity index (χ2n) is 7.09. The van der Waals surface area contributed by atoms with Gasteiger partial charge in [-0.3, -0.25) is 4.99 Å². The topological polar surface area (TPSA) is 26.5 Å². The third-order valence-electron chi connectivity index (χ3n) is 4.79. The average Bonchev–Trinajstić information content (AvgIpc) is 2.95. The number of benzene rings is 2. The number of hydrogen-bond donors (Lipinski definition) is 0. The zero-order valence-electron chi connectivity index (χ0n) is 16.9. The number of rotatable bonds is 6. The lowest BCUT2D eigenvalue weighted by atomic mass is 10.0. The van der Waals surface area contributed by atoms with Gasteiger partial charge < -0.3 is 9.30 Å². The zero-order valence-corrected chi connectivity index (χ0v) is 16.9. The van der Waals surface area contributed by atoms with Crippen LogP contribution in [0.2, 0.25) is 0 Å². The summed E-state index contributed by atoms with van der Waals surface area (Å²) in [5.74, 6) is 1.44. The quantitative estimate of drug-likeness (QED) is 0.469. The highest BCUT2D eigenvalue weighted by molar-refractivity contribution is 5.84. The van der Waals surface area contributed by atoms with Crippen LogP contribution in [0.1, 0.15) is 49.2 Å². The fraction of sp³-hybridized carbons (Fsp3) is 0.292. The molecule has 1 heterocycles. The van der Waals surface area contributed by atoms with E-state index < -0.39 is 0 Å². The Morgan fingerprint density at radius 1 is 1.00 bits per heavy atom. The molecule has 2 aromatic carbocycles. The predicted molar refractivity (Wildman–Crippen MR) is 114 cm³/mol. The molecular formula is C24H28N2O. The normalized spacial score (nSPS) is 11.5. The fourth-order valence-electron chi connectivity index (χ4n) is 3.26. The van der Waals surface area contributed by atoms with Crippen LogP contribution < -0.4 is 4.74 Å². The van der Waals surface area contributed by atoms with Gasteiger partial charge in [0.15, 0.2) is 0 Å². The maximum Gasteiger partial charge on any atom is 0.119 e. The molecule has 0 saturated heterocycles. The van der Waals surface area contributed by atoms with Gasteiger partial charge in [0.25, 0.3) is 0 Å². The van der Waals surface area contributed by atoms with E-state index in [1.807, 2.05) is 25.3 Å². The van der Waals surface area contributed by atoms with Crippen molar-refractivity contribution < 1.29 is 4.74 Å². The molecule has 0 spiro atoms. The van der Waals surface area contributed by atoms with Gasteiger partial charge in [-0.25, -0.2) is 0 Å². The number of hydrogen-bond acceptors (Lipinski definition) is 2.